The molecule has 6 N–H and O–H groups in total. The third-order valence-corrected chi connectivity index (χ3v) is 2.50. The number of carbonyl (C=O) groups is 3. The second-order valence-electron chi connectivity index (χ2n) is 2.47. The van der Waals surface area contributed by atoms with Crippen LogP contribution in [0, 0.1) is 0 Å². The van der Waals surface area contributed by atoms with Gasteiger partial charge in [0, 0.05) is 0 Å². The third-order valence-electron chi connectivity index (χ3n) is 1.42. The Morgan fingerprint density at radius 2 is 2.07 bits per heavy atom. The number of nitrogens with one attached hydrogen (secondary N) is 2. The SMILES string of the molecule is NC(=O)Nc1cc(C(N)=O)sc1NC=O. The van der Waals surface area contributed by atoms with Crippen LogP contribution in [0.1, 0.15) is 9.67 Å². The van der Waals surface area contributed by atoms with Crippen LogP contribution in [-0.4, -0.2) is 18.3 Å². The van der Waals surface area contributed by atoms with Crippen molar-refractivity contribution >= 4 is 40.4 Å². The first-order valence-corrected chi connectivity index (χ1v) is 4.56. The zero-order valence-corrected chi connectivity index (χ0v) is 8.26. The average molecular weight is 228 g/mol. The number of thiophene rings is 1. The molecular formula is C7H8N4O3S. The van der Waals surface area contributed by atoms with Crippen molar-refractivity contribution in [2.24, 2.45) is 11.5 Å². The minimum Gasteiger partial charge on any atom is -0.365 e. The lowest BCUT2D eigenvalue weighted by Crippen LogP contribution is -2.19. The molecule has 0 aromatic carbocycles. The summed E-state index contributed by atoms with van der Waals surface area (Å²) in [5, 5.41) is 4.87. The van der Waals surface area contributed by atoms with Gasteiger partial charge in [0.15, 0.2) is 0 Å². The van der Waals surface area contributed by atoms with Gasteiger partial charge >= 0.3 is 6.03 Å². The maximum atomic E-state index is 10.8. The van der Waals surface area contributed by atoms with Crippen molar-refractivity contribution in [1.82, 2.24) is 0 Å². The van der Waals surface area contributed by atoms with Crippen LogP contribution in [0.5, 0.6) is 0 Å². The number of carbonyl (C=O) groups excluding carboxylic acids is 3. The predicted molar refractivity (Wildman–Crippen MR) is 55.7 cm³/mol. The first kappa shape index (κ1) is 11.0. The Hall–Kier alpha value is -2.09. The summed E-state index contributed by atoms with van der Waals surface area (Å²) in [5.41, 5.74) is 10.2. The molecule has 1 rings (SSSR count). The Kier molecular flexibility index (Phi) is 3.24. The molecule has 15 heavy (non-hydrogen) atoms. The van der Waals surface area contributed by atoms with Crippen molar-refractivity contribution in [2.75, 3.05) is 10.6 Å². The summed E-state index contributed by atoms with van der Waals surface area (Å²) in [7, 11) is 0. The summed E-state index contributed by atoms with van der Waals surface area (Å²) in [5.74, 6) is -0.647. The third kappa shape index (κ3) is 2.68. The Bertz CT molecular complexity index is 414. The summed E-state index contributed by atoms with van der Waals surface area (Å²) in [6, 6.07) is 0.543. The van der Waals surface area contributed by atoms with Crippen molar-refractivity contribution < 1.29 is 14.4 Å². The summed E-state index contributed by atoms with van der Waals surface area (Å²) in [4.78, 5) is 31.9. The number of nitrogens with two attached hydrogens (primary N) is 2. The smallest absolute Gasteiger partial charge is 0.316 e. The monoisotopic (exact) mass is 228 g/mol. The molecule has 80 valence electrons. The molecule has 0 bridgehead atoms. The van der Waals surface area contributed by atoms with Crippen LogP contribution in [-0.2, 0) is 4.79 Å². The lowest BCUT2D eigenvalue weighted by molar-refractivity contribution is -0.105. The summed E-state index contributed by atoms with van der Waals surface area (Å²) < 4.78 is 0. The fourth-order valence-corrected chi connectivity index (χ4v) is 1.72. The highest BCUT2D eigenvalue weighted by Gasteiger charge is 2.13. The lowest BCUT2D eigenvalue weighted by Gasteiger charge is -2.00. The van der Waals surface area contributed by atoms with Gasteiger partial charge in [0.1, 0.15) is 5.00 Å². The van der Waals surface area contributed by atoms with Gasteiger partial charge in [-0.2, -0.15) is 0 Å². The molecule has 0 saturated heterocycles. The number of primary amides is 2. The van der Waals surface area contributed by atoms with E-state index in [4.69, 9.17) is 11.5 Å². The number of hydrogen-bond donors (Lipinski definition) is 4. The van der Waals surface area contributed by atoms with Crippen LogP contribution in [0.25, 0.3) is 0 Å². The van der Waals surface area contributed by atoms with E-state index in [-0.39, 0.29) is 10.6 Å². The van der Waals surface area contributed by atoms with Crippen molar-refractivity contribution in [1.29, 1.82) is 0 Å². The van der Waals surface area contributed by atoms with Crippen LogP contribution in [0.4, 0.5) is 15.5 Å². The number of urea groups is 1. The molecular weight excluding hydrogens is 220 g/mol. The Balaban J connectivity index is 3.04. The minimum absolute atomic E-state index is 0.211. The molecule has 1 aromatic rings. The van der Waals surface area contributed by atoms with E-state index in [1.54, 1.807) is 0 Å². The molecule has 0 spiro atoms. The van der Waals surface area contributed by atoms with Gasteiger partial charge < -0.3 is 22.1 Å². The van der Waals surface area contributed by atoms with Crippen molar-refractivity contribution in [3.05, 3.63) is 10.9 Å². The van der Waals surface area contributed by atoms with E-state index in [0.29, 0.717) is 11.4 Å². The van der Waals surface area contributed by atoms with Crippen molar-refractivity contribution in [2.45, 2.75) is 0 Å². The lowest BCUT2D eigenvalue weighted by atomic mass is 10.4. The van der Waals surface area contributed by atoms with Crippen LogP contribution < -0.4 is 22.1 Å². The van der Waals surface area contributed by atoms with Crippen LogP contribution >= 0.6 is 11.3 Å². The minimum atomic E-state index is -0.794. The molecule has 4 amide bonds. The van der Waals surface area contributed by atoms with Crippen LogP contribution in [0.3, 0.4) is 0 Å². The highest BCUT2D eigenvalue weighted by Crippen LogP contribution is 2.31. The standard InChI is InChI=1S/C7H8N4O3S/c8-5(13)4-1-3(11-7(9)14)6(15-4)10-2-12/h1-2H,(H2,8,13)(H,10,12)(H3,9,11,14). The quantitative estimate of drug-likeness (QED) is 0.537. The van der Waals surface area contributed by atoms with Gasteiger partial charge in [-0.05, 0) is 6.07 Å². The summed E-state index contributed by atoms with van der Waals surface area (Å²) in [6.07, 6.45) is 0.419. The van der Waals surface area contributed by atoms with Gasteiger partial charge in [-0.3, -0.25) is 9.59 Å². The fourth-order valence-electron chi connectivity index (χ4n) is 0.899. The van der Waals surface area contributed by atoms with Gasteiger partial charge in [-0.25, -0.2) is 4.79 Å². The van der Waals surface area contributed by atoms with E-state index in [2.05, 4.69) is 10.6 Å². The molecule has 0 aliphatic carbocycles. The Morgan fingerprint density at radius 3 is 2.53 bits per heavy atom. The molecule has 0 atom stereocenters. The highest BCUT2D eigenvalue weighted by molar-refractivity contribution is 7.18. The van der Waals surface area contributed by atoms with Crippen molar-refractivity contribution in [3.8, 4) is 0 Å². The molecule has 0 radical (unpaired) electrons. The van der Waals surface area contributed by atoms with Gasteiger partial charge in [-0.15, -0.1) is 11.3 Å². The maximum absolute atomic E-state index is 10.8. The maximum Gasteiger partial charge on any atom is 0.316 e. The number of amides is 4. The van der Waals surface area contributed by atoms with Gasteiger partial charge in [0.25, 0.3) is 5.91 Å². The largest absolute Gasteiger partial charge is 0.365 e. The van der Waals surface area contributed by atoms with E-state index >= 15 is 0 Å². The van der Waals surface area contributed by atoms with Gasteiger partial charge in [0.05, 0.1) is 10.6 Å². The Morgan fingerprint density at radius 1 is 1.40 bits per heavy atom. The van der Waals surface area contributed by atoms with Gasteiger partial charge in [0.2, 0.25) is 6.41 Å². The highest BCUT2D eigenvalue weighted by atomic mass is 32.1. The molecule has 0 aliphatic heterocycles. The van der Waals surface area contributed by atoms with E-state index in [1.807, 2.05) is 0 Å². The molecule has 0 saturated carbocycles. The molecule has 1 heterocycles. The summed E-state index contributed by atoms with van der Waals surface area (Å²) >= 11 is 0.947. The predicted octanol–water partition coefficient (Wildman–Crippen LogP) is -0.0941. The molecule has 7 nitrogen and oxygen atoms in total. The molecule has 1 aromatic heterocycles. The average Bonchev–Trinajstić information content (AvgIpc) is 2.48. The molecule has 0 aliphatic rings. The van der Waals surface area contributed by atoms with Crippen LogP contribution in [0.2, 0.25) is 0 Å². The molecule has 0 unspecified atom stereocenters. The van der Waals surface area contributed by atoms with E-state index in [0.717, 1.165) is 11.3 Å². The summed E-state index contributed by atoms with van der Waals surface area (Å²) in [6.45, 7) is 0. The zero-order valence-electron chi connectivity index (χ0n) is 7.44. The number of anilines is 2. The number of hydrogen-bond acceptors (Lipinski definition) is 4. The van der Waals surface area contributed by atoms with Gasteiger partial charge in [-0.1, -0.05) is 0 Å². The van der Waals surface area contributed by atoms with E-state index in [1.165, 1.54) is 6.07 Å². The van der Waals surface area contributed by atoms with Crippen LogP contribution in [0.15, 0.2) is 6.07 Å². The molecule has 0 fully saturated rings. The molecule has 8 heteroatoms. The van der Waals surface area contributed by atoms with E-state index in [9.17, 15) is 14.4 Å². The van der Waals surface area contributed by atoms with E-state index < -0.39 is 11.9 Å². The zero-order chi connectivity index (χ0) is 11.4. The number of rotatable bonds is 4. The Labute approximate surface area is 88.4 Å². The topological polar surface area (TPSA) is 127 Å². The second-order valence-corrected chi connectivity index (χ2v) is 3.52. The second kappa shape index (κ2) is 4.42. The first-order chi connectivity index (χ1) is 7.04. The van der Waals surface area contributed by atoms with Crippen molar-refractivity contribution in [3.63, 3.8) is 0 Å². The fraction of sp³-hybridized carbons (Fsp3) is 0. The normalized spacial score (nSPS) is 9.33. The first-order valence-electron chi connectivity index (χ1n) is 3.75.